The number of aliphatic hydroxyl groups is 1. The quantitative estimate of drug-likeness (QED) is 0.706. The van der Waals surface area contributed by atoms with Gasteiger partial charge in [-0.1, -0.05) is 0 Å². The average Bonchev–Trinajstić information content (AvgIpc) is 2.39. The van der Waals surface area contributed by atoms with Crippen LogP contribution in [0.2, 0.25) is 0 Å². The summed E-state index contributed by atoms with van der Waals surface area (Å²) in [6, 6.07) is 5.20. The zero-order valence-electron chi connectivity index (χ0n) is 11.0. The first-order valence-electron chi connectivity index (χ1n) is 6.67. The van der Waals surface area contributed by atoms with Gasteiger partial charge in [0.15, 0.2) is 0 Å². The molecule has 0 bridgehead atoms. The van der Waals surface area contributed by atoms with Gasteiger partial charge in [-0.2, -0.15) is 0 Å². The molecule has 1 unspecified atom stereocenters. The van der Waals surface area contributed by atoms with E-state index in [-0.39, 0.29) is 6.61 Å². The van der Waals surface area contributed by atoms with E-state index in [1.807, 2.05) is 6.07 Å². The molecule has 0 saturated carbocycles. The van der Waals surface area contributed by atoms with Crippen LogP contribution in [0.5, 0.6) is 0 Å². The summed E-state index contributed by atoms with van der Waals surface area (Å²) in [5.74, 6) is 0.0454. The van der Waals surface area contributed by atoms with Crippen molar-refractivity contribution >= 4 is 17.3 Å². The maximum Gasteiger partial charge on any atom is 0.248 e. The molecule has 0 radical (unpaired) electrons. The molecule has 19 heavy (non-hydrogen) atoms. The molecule has 0 spiro atoms. The number of benzene rings is 1. The molecule has 1 atom stereocenters. The van der Waals surface area contributed by atoms with Crippen molar-refractivity contribution < 1.29 is 9.90 Å². The molecule has 0 aliphatic carbocycles. The fourth-order valence-corrected chi connectivity index (χ4v) is 2.70. The molecule has 5 heteroatoms. The highest BCUT2D eigenvalue weighted by atomic mass is 16.3. The largest absolute Gasteiger partial charge is 0.397 e. The molecule has 1 saturated heterocycles. The van der Waals surface area contributed by atoms with Crippen molar-refractivity contribution in [2.75, 3.05) is 30.3 Å². The minimum atomic E-state index is -0.463. The second-order valence-corrected chi connectivity index (χ2v) is 5.10. The molecule has 5 nitrogen and oxygen atoms in total. The number of rotatable bonds is 4. The molecule has 5 N–H and O–H groups in total. The molecular weight excluding hydrogens is 242 g/mol. The first-order chi connectivity index (χ1) is 9.11. The summed E-state index contributed by atoms with van der Waals surface area (Å²) in [4.78, 5) is 13.3. The number of primary amides is 1. The van der Waals surface area contributed by atoms with Crippen LogP contribution >= 0.6 is 0 Å². The Hall–Kier alpha value is -1.75. The summed E-state index contributed by atoms with van der Waals surface area (Å²) in [5, 5.41) is 9.03. The van der Waals surface area contributed by atoms with E-state index in [0.29, 0.717) is 17.2 Å². The summed E-state index contributed by atoms with van der Waals surface area (Å²) in [7, 11) is 0. The van der Waals surface area contributed by atoms with Crippen molar-refractivity contribution in [2.24, 2.45) is 11.7 Å². The molecular formula is C14H21N3O2. The Balaban J connectivity index is 2.15. The topological polar surface area (TPSA) is 92.6 Å². The first kappa shape index (κ1) is 13.7. The van der Waals surface area contributed by atoms with Gasteiger partial charge in [-0.15, -0.1) is 0 Å². The lowest BCUT2D eigenvalue weighted by atomic mass is 9.94. The third-order valence-corrected chi connectivity index (χ3v) is 3.71. The maximum absolute atomic E-state index is 11.1. The lowest BCUT2D eigenvalue weighted by Crippen LogP contribution is -2.36. The van der Waals surface area contributed by atoms with E-state index in [4.69, 9.17) is 16.6 Å². The number of hydrogen-bond acceptors (Lipinski definition) is 4. The van der Waals surface area contributed by atoms with Gasteiger partial charge in [0.05, 0.1) is 11.4 Å². The van der Waals surface area contributed by atoms with E-state index < -0.39 is 5.91 Å². The van der Waals surface area contributed by atoms with E-state index >= 15 is 0 Å². The third-order valence-electron chi connectivity index (χ3n) is 3.71. The highest BCUT2D eigenvalue weighted by Crippen LogP contribution is 2.29. The maximum atomic E-state index is 11.1. The van der Waals surface area contributed by atoms with Crippen molar-refractivity contribution in [3.8, 4) is 0 Å². The van der Waals surface area contributed by atoms with Crippen molar-refractivity contribution in [3.63, 3.8) is 0 Å². The molecule has 1 aromatic carbocycles. The third kappa shape index (κ3) is 3.17. The number of nitrogen functional groups attached to an aromatic ring is 1. The Bertz CT molecular complexity index is 460. The van der Waals surface area contributed by atoms with Gasteiger partial charge in [0.25, 0.3) is 0 Å². The number of anilines is 2. The fraction of sp³-hybridized carbons (Fsp3) is 0.500. The SMILES string of the molecule is NC(=O)c1ccc(N2CCCC(CCO)C2)c(N)c1. The molecule has 0 aromatic heterocycles. The van der Waals surface area contributed by atoms with E-state index in [0.717, 1.165) is 38.0 Å². The fourth-order valence-electron chi connectivity index (χ4n) is 2.70. The molecule has 1 aliphatic rings. The number of aliphatic hydroxyl groups excluding tert-OH is 1. The highest BCUT2D eigenvalue weighted by molar-refractivity contribution is 5.94. The van der Waals surface area contributed by atoms with Crippen molar-refractivity contribution in [3.05, 3.63) is 23.8 Å². The molecule has 1 aromatic rings. The molecule has 104 valence electrons. The van der Waals surface area contributed by atoms with Crippen LogP contribution in [0.25, 0.3) is 0 Å². The number of carbonyl (C=O) groups excluding carboxylic acids is 1. The van der Waals surface area contributed by atoms with Crippen LogP contribution in [-0.2, 0) is 0 Å². The number of carbonyl (C=O) groups is 1. The Labute approximate surface area is 113 Å². The number of nitrogens with two attached hydrogens (primary N) is 2. The van der Waals surface area contributed by atoms with Gasteiger partial charge in [0, 0.05) is 25.3 Å². The summed E-state index contributed by atoms with van der Waals surface area (Å²) >= 11 is 0. The summed E-state index contributed by atoms with van der Waals surface area (Å²) in [5.41, 5.74) is 13.2. The van der Waals surface area contributed by atoms with E-state index in [1.165, 1.54) is 0 Å². The Morgan fingerprint density at radius 2 is 2.26 bits per heavy atom. The van der Waals surface area contributed by atoms with Gasteiger partial charge in [-0.3, -0.25) is 4.79 Å². The predicted molar refractivity (Wildman–Crippen MR) is 76.0 cm³/mol. The average molecular weight is 263 g/mol. The first-order valence-corrected chi connectivity index (χ1v) is 6.67. The van der Waals surface area contributed by atoms with Crippen LogP contribution in [0.1, 0.15) is 29.6 Å². The summed E-state index contributed by atoms with van der Waals surface area (Å²) < 4.78 is 0. The lowest BCUT2D eigenvalue weighted by Gasteiger charge is -2.35. The minimum Gasteiger partial charge on any atom is -0.397 e. The standard InChI is InChI=1S/C14H21N3O2/c15-12-8-11(14(16)19)3-4-13(12)17-6-1-2-10(9-17)5-7-18/h3-4,8,10,18H,1-2,5-7,9,15H2,(H2,16,19). The predicted octanol–water partition coefficient (Wildman–Crippen LogP) is 0.966. The Morgan fingerprint density at radius 3 is 2.89 bits per heavy atom. The van der Waals surface area contributed by atoms with Crippen LogP contribution in [0, 0.1) is 5.92 Å². The van der Waals surface area contributed by atoms with E-state index in [2.05, 4.69) is 4.90 Å². The van der Waals surface area contributed by atoms with Gasteiger partial charge in [-0.25, -0.2) is 0 Å². The van der Waals surface area contributed by atoms with Crippen LogP contribution in [0.3, 0.4) is 0 Å². The summed E-state index contributed by atoms with van der Waals surface area (Å²) in [6.45, 7) is 2.09. The lowest BCUT2D eigenvalue weighted by molar-refractivity contribution is 0.100. The van der Waals surface area contributed by atoms with Gasteiger partial charge in [0.2, 0.25) is 5.91 Å². The Kier molecular flexibility index (Phi) is 4.27. The number of piperidine rings is 1. The Morgan fingerprint density at radius 1 is 1.47 bits per heavy atom. The molecule has 2 rings (SSSR count). The van der Waals surface area contributed by atoms with Gasteiger partial charge >= 0.3 is 0 Å². The minimum absolute atomic E-state index is 0.231. The van der Waals surface area contributed by atoms with Crippen molar-refractivity contribution in [1.29, 1.82) is 0 Å². The number of hydrogen-bond donors (Lipinski definition) is 3. The van der Waals surface area contributed by atoms with Gasteiger partial charge < -0.3 is 21.5 Å². The van der Waals surface area contributed by atoms with Crippen LogP contribution in [0.4, 0.5) is 11.4 Å². The van der Waals surface area contributed by atoms with Gasteiger partial charge in [-0.05, 0) is 43.4 Å². The molecule has 1 heterocycles. The van der Waals surface area contributed by atoms with Crippen LogP contribution in [0.15, 0.2) is 18.2 Å². The summed E-state index contributed by atoms with van der Waals surface area (Å²) in [6.07, 6.45) is 3.08. The zero-order chi connectivity index (χ0) is 13.8. The van der Waals surface area contributed by atoms with Crippen molar-refractivity contribution in [1.82, 2.24) is 0 Å². The van der Waals surface area contributed by atoms with Crippen LogP contribution in [-0.4, -0.2) is 30.7 Å². The monoisotopic (exact) mass is 263 g/mol. The van der Waals surface area contributed by atoms with Crippen LogP contribution < -0.4 is 16.4 Å². The highest BCUT2D eigenvalue weighted by Gasteiger charge is 2.21. The molecule has 1 aliphatic heterocycles. The zero-order valence-corrected chi connectivity index (χ0v) is 11.0. The second-order valence-electron chi connectivity index (χ2n) is 5.10. The van der Waals surface area contributed by atoms with E-state index in [1.54, 1.807) is 12.1 Å². The normalized spacial score (nSPS) is 19.4. The smallest absolute Gasteiger partial charge is 0.248 e. The molecule has 1 fully saturated rings. The second kappa shape index (κ2) is 5.93. The number of nitrogens with zero attached hydrogens (tertiary/aromatic N) is 1. The van der Waals surface area contributed by atoms with Gasteiger partial charge in [0.1, 0.15) is 0 Å². The molecule has 1 amide bonds. The van der Waals surface area contributed by atoms with E-state index in [9.17, 15) is 4.79 Å². The number of amides is 1. The van der Waals surface area contributed by atoms with Crippen molar-refractivity contribution in [2.45, 2.75) is 19.3 Å².